The molecular formula is C19H15ClF5N3OS. The average Bonchev–Trinajstić information content (AvgIpc) is 2.73. The van der Waals surface area contributed by atoms with Crippen LogP contribution in [0.2, 0.25) is 5.02 Å². The van der Waals surface area contributed by atoms with E-state index >= 15 is 0 Å². The topological polar surface area (TPSA) is 35.6 Å². The van der Waals surface area contributed by atoms with E-state index < -0.39 is 34.8 Å². The molecule has 0 atom stereocenters. The van der Waals surface area contributed by atoms with Crippen LogP contribution in [0, 0.1) is 29.1 Å². The molecule has 1 N–H and O–H groups in total. The van der Waals surface area contributed by atoms with Crippen LogP contribution in [0.25, 0.3) is 0 Å². The fraction of sp³-hybridized carbons (Fsp3) is 0.263. The number of carbonyl (C=O) groups is 1. The van der Waals surface area contributed by atoms with Gasteiger partial charge in [0, 0.05) is 31.2 Å². The number of halogens is 6. The summed E-state index contributed by atoms with van der Waals surface area (Å²) in [4.78, 5) is 14.8. The zero-order valence-corrected chi connectivity index (χ0v) is 16.9. The maximum atomic E-state index is 14.0. The first-order valence-corrected chi connectivity index (χ1v) is 9.57. The van der Waals surface area contributed by atoms with E-state index in [1.54, 1.807) is 29.2 Å². The molecule has 2 aromatic carbocycles. The Bertz CT molecular complexity index is 952. The van der Waals surface area contributed by atoms with Crippen molar-refractivity contribution >= 4 is 40.5 Å². The second-order valence-corrected chi connectivity index (χ2v) is 7.37. The third kappa shape index (κ3) is 4.65. The Balaban J connectivity index is 1.60. The van der Waals surface area contributed by atoms with Crippen LogP contribution in [0.15, 0.2) is 24.3 Å². The Morgan fingerprint density at radius 2 is 1.40 bits per heavy atom. The zero-order valence-electron chi connectivity index (χ0n) is 15.3. The molecule has 0 spiro atoms. The summed E-state index contributed by atoms with van der Waals surface area (Å²) in [6.45, 7) is 0.149. The molecule has 1 saturated heterocycles. The summed E-state index contributed by atoms with van der Waals surface area (Å²) >= 11 is 11.0. The van der Waals surface area contributed by atoms with Gasteiger partial charge in [-0.3, -0.25) is 4.79 Å². The van der Waals surface area contributed by atoms with Gasteiger partial charge in [-0.1, -0.05) is 23.7 Å². The van der Waals surface area contributed by atoms with Crippen molar-refractivity contribution < 1.29 is 26.7 Å². The minimum atomic E-state index is -2.20. The van der Waals surface area contributed by atoms with Crippen molar-refractivity contribution in [3.05, 3.63) is 63.9 Å². The van der Waals surface area contributed by atoms with Gasteiger partial charge >= 0.3 is 0 Å². The van der Waals surface area contributed by atoms with E-state index in [4.69, 9.17) is 23.8 Å². The SMILES string of the molecule is O=C(Cc1ccc(Cl)cc1)NC(=S)N1CCN(c2c(F)c(F)c(F)c(F)c2F)CC1. The number of rotatable bonds is 3. The molecule has 4 nitrogen and oxygen atoms in total. The molecule has 0 aliphatic carbocycles. The maximum absolute atomic E-state index is 14.0. The van der Waals surface area contributed by atoms with Gasteiger partial charge in [-0.05, 0) is 29.9 Å². The van der Waals surface area contributed by atoms with Crippen LogP contribution in [-0.2, 0) is 11.2 Å². The molecule has 1 aliphatic rings. The lowest BCUT2D eigenvalue weighted by Crippen LogP contribution is -2.53. The van der Waals surface area contributed by atoms with Crippen molar-refractivity contribution in [1.29, 1.82) is 0 Å². The Morgan fingerprint density at radius 3 is 1.93 bits per heavy atom. The zero-order chi connectivity index (χ0) is 22.0. The quantitative estimate of drug-likeness (QED) is 0.325. The van der Waals surface area contributed by atoms with E-state index in [2.05, 4.69) is 5.32 Å². The monoisotopic (exact) mass is 463 g/mol. The van der Waals surface area contributed by atoms with Crippen LogP contribution in [0.4, 0.5) is 27.6 Å². The molecule has 30 heavy (non-hydrogen) atoms. The van der Waals surface area contributed by atoms with Gasteiger partial charge in [0.05, 0.1) is 6.42 Å². The molecule has 0 bridgehead atoms. The first-order chi connectivity index (χ1) is 14.2. The van der Waals surface area contributed by atoms with E-state index in [1.165, 1.54) is 0 Å². The molecule has 11 heteroatoms. The van der Waals surface area contributed by atoms with Gasteiger partial charge in [0.15, 0.2) is 28.4 Å². The van der Waals surface area contributed by atoms with E-state index in [9.17, 15) is 26.7 Å². The Hall–Kier alpha value is -2.46. The molecule has 0 radical (unpaired) electrons. The van der Waals surface area contributed by atoms with Crippen LogP contribution < -0.4 is 10.2 Å². The standard InChI is InChI=1S/C19H15ClF5N3OS/c20-11-3-1-10(2-4-11)9-12(29)26-19(30)28-7-5-27(6-8-28)18-16(24)14(22)13(21)15(23)17(18)25/h1-4H,5-9H2,(H,26,29,30). The number of nitrogens with one attached hydrogen (secondary N) is 1. The van der Waals surface area contributed by atoms with Crippen LogP contribution >= 0.6 is 23.8 Å². The van der Waals surface area contributed by atoms with E-state index in [1.807, 2.05) is 0 Å². The van der Waals surface area contributed by atoms with E-state index in [0.29, 0.717) is 5.02 Å². The van der Waals surface area contributed by atoms with Gasteiger partial charge in [0.1, 0.15) is 5.69 Å². The summed E-state index contributed by atoms with van der Waals surface area (Å²) < 4.78 is 68.0. The third-order valence-electron chi connectivity index (χ3n) is 4.59. The van der Waals surface area contributed by atoms with Crippen molar-refractivity contribution in [3.63, 3.8) is 0 Å². The predicted octanol–water partition coefficient (Wildman–Crippen LogP) is 3.80. The molecule has 2 aromatic rings. The van der Waals surface area contributed by atoms with Gasteiger partial charge in [-0.2, -0.15) is 0 Å². The van der Waals surface area contributed by atoms with E-state index in [-0.39, 0.29) is 43.6 Å². The minimum Gasteiger partial charge on any atom is -0.363 e. The summed E-state index contributed by atoms with van der Waals surface area (Å²) in [5.74, 6) is -10.3. The number of piperazine rings is 1. The number of hydrogen-bond acceptors (Lipinski definition) is 3. The maximum Gasteiger partial charge on any atom is 0.230 e. The number of benzene rings is 2. The Morgan fingerprint density at radius 1 is 0.900 bits per heavy atom. The van der Waals surface area contributed by atoms with Crippen molar-refractivity contribution in [2.24, 2.45) is 0 Å². The highest BCUT2D eigenvalue weighted by atomic mass is 35.5. The fourth-order valence-electron chi connectivity index (χ4n) is 3.03. The van der Waals surface area contributed by atoms with E-state index in [0.717, 1.165) is 10.5 Å². The van der Waals surface area contributed by atoms with Crippen molar-refractivity contribution in [2.75, 3.05) is 31.1 Å². The Labute approximate surface area is 179 Å². The molecule has 160 valence electrons. The van der Waals surface area contributed by atoms with Crippen LogP contribution in [-0.4, -0.2) is 42.1 Å². The summed E-state index contributed by atoms with van der Waals surface area (Å²) in [6, 6.07) is 6.71. The second kappa shape index (κ2) is 9.13. The number of amides is 1. The minimum absolute atomic E-state index is 0.0501. The summed E-state index contributed by atoms with van der Waals surface area (Å²) in [7, 11) is 0. The van der Waals surface area contributed by atoms with Gasteiger partial charge < -0.3 is 15.1 Å². The van der Waals surface area contributed by atoms with Crippen molar-refractivity contribution in [2.45, 2.75) is 6.42 Å². The van der Waals surface area contributed by atoms with Gasteiger partial charge in [-0.25, -0.2) is 22.0 Å². The first kappa shape index (κ1) is 22.2. The predicted molar refractivity (Wildman–Crippen MR) is 106 cm³/mol. The van der Waals surface area contributed by atoms with Crippen molar-refractivity contribution in [3.8, 4) is 0 Å². The Kier molecular flexibility index (Phi) is 6.77. The highest BCUT2D eigenvalue weighted by Gasteiger charge is 2.31. The van der Waals surface area contributed by atoms with Crippen LogP contribution in [0.5, 0.6) is 0 Å². The molecule has 0 unspecified atom stereocenters. The lowest BCUT2D eigenvalue weighted by molar-refractivity contribution is -0.119. The largest absolute Gasteiger partial charge is 0.363 e. The average molecular weight is 464 g/mol. The molecule has 3 rings (SSSR count). The number of carbonyl (C=O) groups excluding carboxylic acids is 1. The summed E-state index contributed by atoms with van der Waals surface area (Å²) in [5, 5.41) is 3.22. The number of hydrogen-bond donors (Lipinski definition) is 1. The molecule has 1 amide bonds. The molecule has 0 aromatic heterocycles. The molecule has 1 aliphatic heterocycles. The fourth-order valence-corrected chi connectivity index (χ4v) is 3.46. The summed E-state index contributed by atoms with van der Waals surface area (Å²) in [5.41, 5.74) is -0.237. The van der Waals surface area contributed by atoms with Gasteiger partial charge in [0.25, 0.3) is 0 Å². The van der Waals surface area contributed by atoms with Crippen LogP contribution in [0.1, 0.15) is 5.56 Å². The lowest BCUT2D eigenvalue weighted by Gasteiger charge is -2.37. The highest BCUT2D eigenvalue weighted by Crippen LogP contribution is 2.30. The molecule has 0 saturated carbocycles. The second-order valence-electron chi connectivity index (χ2n) is 6.55. The first-order valence-electron chi connectivity index (χ1n) is 8.78. The highest BCUT2D eigenvalue weighted by molar-refractivity contribution is 7.80. The number of anilines is 1. The van der Waals surface area contributed by atoms with Crippen molar-refractivity contribution in [1.82, 2.24) is 10.2 Å². The normalized spacial score (nSPS) is 14.1. The number of nitrogens with zero attached hydrogens (tertiary/aromatic N) is 2. The third-order valence-corrected chi connectivity index (χ3v) is 5.21. The molecule has 1 fully saturated rings. The smallest absolute Gasteiger partial charge is 0.230 e. The van der Waals surface area contributed by atoms with Crippen LogP contribution in [0.3, 0.4) is 0 Å². The molecule has 1 heterocycles. The van der Waals surface area contributed by atoms with Gasteiger partial charge in [-0.15, -0.1) is 0 Å². The van der Waals surface area contributed by atoms with Gasteiger partial charge in [0.2, 0.25) is 11.7 Å². The lowest BCUT2D eigenvalue weighted by atomic mass is 10.1. The molecular weight excluding hydrogens is 449 g/mol. The summed E-state index contributed by atoms with van der Waals surface area (Å²) in [6.07, 6.45) is 0.0713. The number of thiocarbonyl (C=S) groups is 1.